The topological polar surface area (TPSA) is 127 Å². The maximum absolute atomic E-state index is 11.9. The molecule has 0 spiro atoms. The van der Waals surface area contributed by atoms with Gasteiger partial charge in [0.05, 0.1) is 26.0 Å². The van der Waals surface area contributed by atoms with Crippen LogP contribution in [0.3, 0.4) is 0 Å². The first-order valence-electron chi connectivity index (χ1n) is 11.4. The number of nitrogens with two attached hydrogens (primary N) is 1. The number of anilines is 1. The lowest BCUT2D eigenvalue weighted by Crippen LogP contribution is -2.54. The zero-order valence-corrected chi connectivity index (χ0v) is 19.7. The van der Waals surface area contributed by atoms with E-state index >= 15 is 0 Å². The number of aromatic nitrogens is 4. The summed E-state index contributed by atoms with van der Waals surface area (Å²) < 4.78 is 26.0. The van der Waals surface area contributed by atoms with Crippen molar-refractivity contribution < 1.29 is 23.7 Å². The van der Waals surface area contributed by atoms with Crippen LogP contribution in [-0.2, 0) is 29.5 Å². The lowest BCUT2D eigenvalue weighted by molar-refractivity contribution is -0.206. The normalized spacial score (nSPS) is 32.9. The number of ether oxygens (including phenoxy) is 4. The molecular formula is C22H32N6O5. The fourth-order valence-electron chi connectivity index (χ4n) is 5.44. The van der Waals surface area contributed by atoms with Crippen molar-refractivity contribution in [2.24, 2.45) is 5.92 Å². The minimum Gasteiger partial charge on any atom is -0.469 e. The van der Waals surface area contributed by atoms with Gasteiger partial charge >= 0.3 is 5.97 Å². The number of carbonyl (C=O) groups is 1. The first-order valence-corrected chi connectivity index (χ1v) is 11.4. The molecule has 3 fully saturated rings. The molecule has 180 valence electrons. The van der Waals surface area contributed by atoms with Crippen LogP contribution in [0.5, 0.6) is 0 Å². The van der Waals surface area contributed by atoms with Crippen molar-refractivity contribution in [2.45, 2.75) is 76.3 Å². The molecule has 2 N–H and O–H groups in total. The van der Waals surface area contributed by atoms with Gasteiger partial charge in [0.2, 0.25) is 5.72 Å². The number of carbonyl (C=O) groups excluding carboxylic acids is 1. The average molecular weight is 461 g/mol. The summed E-state index contributed by atoms with van der Waals surface area (Å²) in [7, 11) is 1.44. The van der Waals surface area contributed by atoms with E-state index in [0.717, 1.165) is 12.8 Å². The molecule has 1 saturated carbocycles. The van der Waals surface area contributed by atoms with Gasteiger partial charge in [0, 0.05) is 18.6 Å². The Morgan fingerprint density at radius 1 is 1.33 bits per heavy atom. The van der Waals surface area contributed by atoms with Crippen LogP contribution in [0, 0.1) is 5.92 Å². The van der Waals surface area contributed by atoms with Gasteiger partial charge in [-0.2, -0.15) is 0 Å². The van der Waals surface area contributed by atoms with Crippen LogP contribution in [0.1, 0.15) is 40.5 Å². The second-order valence-electron chi connectivity index (χ2n) is 9.92. The van der Waals surface area contributed by atoms with Gasteiger partial charge in [0.15, 0.2) is 17.3 Å². The molecule has 11 nitrogen and oxygen atoms in total. The SMILES string of the molecule is COC(=O)C1CC(N(C[C@H]2OC[C@@]3(n4cnc5c(N)ncnc54)OC(C)(C)O[C@H]23)C(C)C)C1. The molecule has 5 rings (SSSR count). The Balaban J connectivity index is 1.42. The molecule has 4 heterocycles. The van der Waals surface area contributed by atoms with Crippen molar-refractivity contribution in [1.29, 1.82) is 0 Å². The highest BCUT2D eigenvalue weighted by Crippen LogP contribution is 2.48. The zero-order chi connectivity index (χ0) is 23.5. The minimum atomic E-state index is -0.916. The molecule has 3 aliphatic rings. The molecule has 2 aromatic rings. The van der Waals surface area contributed by atoms with E-state index in [1.807, 2.05) is 18.4 Å². The Hall–Kier alpha value is -2.34. The molecule has 0 bridgehead atoms. The third-order valence-corrected chi connectivity index (χ3v) is 7.06. The lowest BCUT2D eigenvalue weighted by atomic mass is 9.78. The van der Waals surface area contributed by atoms with Gasteiger partial charge in [-0.15, -0.1) is 0 Å². The molecule has 2 aromatic heterocycles. The smallest absolute Gasteiger partial charge is 0.308 e. The van der Waals surface area contributed by atoms with Gasteiger partial charge < -0.3 is 24.7 Å². The number of fused-ring (bicyclic) bond motifs is 2. The maximum atomic E-state index is 11.9. The summed E-state index contributed by atoms with van der Waals surface area (Å²) in [5.41, 5.74) is 6.20. The van der Waals surface area contributed by atoms with Crippen LogP contribution in [0.15, 0.2) is 12.7 Å². The minimum absolute atomic E-state index is 0.0303. The molecule has 0 unspecified atom stereocenters. The van der Waals surface area contributed by atoms with Gasteiger partial charge in [0.1, 0.15) is 24.1 Å². The van der Waals surface area contributed by atoms with Crippen LogP contribution in [-0.4, -0.2) is 80.7 Å². The van der Waals surface area contributed by atoms with E-state index < -0.39 is 11.5 Å². The number of nitrogens with zero attached hydrogens (tertiary/aromatic N) is 5. The summed E-state index contributed by atoms with van der Waals surface area (Å²) in [6.45, 7) is 9.08. The predicted molar refractivity (Wildman–Crippen MR) is 118 cm³/mol. The van der Waals surface area contributed by atoms with E-state index in [1.165, 1.54) is 13.4 Å². The number of esters is 1. The summed E-state index contributed by atoms with van der Waals surface area (Å²) in [4.78, 5) is 27.1. The third-order valence-electron chi connectivity index (χ3n) is 7.06. The number of nitrogen functional groups attached to an aromatic ring is 1. The highest BCUT2D eigenvalue weighted by atomic mass is 16.8. The van der Waals surface area contributed by atoms with Crippen molar-refractivity contribution in [2.75, 3.05) is 26.0 Å². The van der Waals surface area contributed by atoms with E-state index in [4.69, 9.17) is 24.7 Å². The van der Waals surface area contributed by atoms with Gasteiger partial charge in [-0.3, -0.25) is 14.3 Å². The van der Waals surface area contributed by atoms with Crippen molar-refractivity contribution in [3.63, 3.8) is 0 Å². The molecule has 0 radical (unpaired) electrons. The number of hydrogen-bond acceptors (Lipinski definition) is 10. The Bertz CT molecular complexity index is 1050. The Labute approximate surface area is 192 Å². The van der Waals surface area contributed by atoms with Crippen LogP contribution in [0.25, 0.3) is 11.2 Å². The van der Waals surface area contributed by atoms with Gasteiger partial charge in [-0.25, -0.2) is 15.0 Å². The second-order valence-corrected chi connectivity index (χ2v) is 9.92. The van der Waals surface area contributed by atoms with Crippen molar-refractivity contribution >= 4 is 23.0 Å². The summed E-state index contributed by atoms with van der Waals surface area (Å²) in [6.07, 6.45) is 4.07. The summed E-state index contributed by atoms with van der Waals surface area (Å²) >= 11 is 0. The first-order chi connectivity index (χ1) is 15.6. The number of hydrogen-bond donors (Lipinski definition) is 1. The van der Waals surface area contributed by atoms with Gasteiger partial charge in [0.25, 0.3) is 0 Å². The number of rotatable bonds is 6. The standard InChI is InChI=1S/C22H32N6O5/c1-12(2)27(14-6-13(7-14)20(29)30-5)8-15-17-22(9-31-15,33-21(3,4)32-17)28-11-26-16-18(23)24-10-25-19(16)28/h10-15,17H,6-9H2,1-5H3,(H2,23,24,25)/t13?,14?,15-,17-,22-/m1/s1. The monoisotopic (exact) mass is 460 g/mol. The number of imidazole rings is 1. The van der Waals surface area contributed by atoms with Crippen molar-refractivity contribution in [1.82, 2.24) is 24.4 Å². The third kappa shape index (κ3) is 3.58. The molecule has 33 heavy (non-hydrogen) atoms. The lowest BCUT2D eigenvalue weighted by Gasteiger charge is -2.45. The largest absolute Gasteiger partial charge is 0.469 e. The fourth-order valence-corrected chi connectivity index (χ4v) is 5.44. The van der Waals surface area contributed by atoms with E-state index in [2.05, 4.69) is 33.7 Å². The van der Waals surface area contributed by atoms with Crippen molar-refractivity contribution in [3.05, 3.63) is 12.7 Å². The molecule has 2 aliphatic heterocycles. The fraction of sp³-hybridized carbons (Fsp3) is 0.727. The number of methoxy groups -OCH3 is 1. The molecule has 3 atom stereocenters. The summed E-state index contributed by atoms with van der Waals surface area (Å²) in [6, 6.07) is 0.578. The summed E-state index contributed by atoms with van der Waals surface area (Å²) in [5, 5.41) is 0. The molecular weight excluding hydrogens is 428 g/mol. The zero-order valence-electron chi connectivity index (χ0n) is 19.7. The van der Waals surface area contributed by atoms with E-state index in [0.29, 0.717) is 36.2 Å². The molecule has 11 heteroatoms. The van der Waals surface area contributed by atoms with E-state index in [1.54, 1.807) is 6.33 Å². The highest BCUT2D eigenvalue weighted by molar-refractivity contribution is 5.81. The van der Waals surface area contributed by atoms with Gasteiger partial charge in [-0.05, 0) is 40.5 Å². The van der Waals surface area contributed by atoms with Crippen molar-refractivity contribution in [3.8, 4) is 0 Å². The van der Waals surface area contributed by atoms with Crippen LogP contribution in [0.2, 0.25) is 0 Å². The molecule has 0 amide bonds. The Morgan fingerprint density at radius 3 is 2.79 bits per heavy atom. The maximum Gasteiger partial charge on any atom is 0.308 e. The molecule has 2 saturated heterocycles. The van der Waals surface area contributed by atoms with E-state index in [9.17, 15) is 4.79 Å². The average Bonchev–Trinajstić information content (AvgIpc) is 3.36. The first kappa shape index (κ1) is 22.5. The summed E-state index contributed by atoms with van der Waals surface area (Å²) in [5.74, 6) is -0.654. The van der Waals surface area contributed by atoms with Crippen LogP contribution in [0.4, 0.5) is 5.82 Å². The van der Waals surface area contributed by atoms with Crippen LogP contribution >= 0.6 is 0 Å². The molecule has 1 aliphatic carbocycles. The van der Waals surface area contributed by atoms with E-state index in [-0.39, 0.29) is 30.1 Å². The Morgan fingerprint density at radius 2 is 2.09 bits per heavy atom. The predicted octanol–water partition coefficient (Wildman–Crippen LogP) is 1.27. The quantitative estimate of drug-likeness (QED) is 0.630. The highest BCUT2D eigenvalue weighted by Gasteiger charge is 2.63. The Kier molecular flexibility index (Phi) is 5.35. The van der Waals surface area contributed by atoms with Crippen LogP contribution < -0.4 is 5.73 Å². The van der Waals surface area contributed by atoms with Gasteiger partial charge in [-0.1, -0.05) is 0 Å². The molecule has 0 aromatic carbocycles. The second kappa shape index (κ2) is 7.86.